The summed E-state index contributed by atoms with van der Waals surface area (Å²) in [6.45, 7) is 2.82. The van der Waals surface area contributed by atoms with Gasteiger partial charge >= 0.3 is 6.18 Å². The maximum absolute atomic E-state index is 14.1. The van der Waals surface area contributed by atoms with Crippen molar-refractivity contribution in [2.75, 3.05) is 0 Å². The van der Waals surface area contributed by atoms with Crippen molar-refractivity contribution in [2.45, 2.75) is 31.5 Å². The number of nitrogens with two attached hydrogens (primary N) is 1. The summed E-state index contributed by atoms with van der Waals surface area (Å²) in [4.78, 5) is 29.3. The van der Waals surface area contributed by atoms with Gasteiger partial charge in [-0.1, -0.05) is 24.8 Å². The zero-order valence-corrected chi connectivity index (χ0v) is 21.3. The van der Waals surface area contributed by atoms with Crippen molar-refractivity contribution in [1.82, 2.24) is 14.8 Å². The Bertz CT molecular complexity index is 1610. The topological polar surface area (TPSA) is 90.9 Å². The van der Waals surface area contributed by atoms with E-state index in [0.29, 0.717) is 17.2 Å². The lowest BCUT2D eigenvalue weighted by atomic mass is 9.86. The number of pyridine rings is 1. The van der Waals surface area contributed by atoms with Crippen LogP contribution in [0.4, 0.5) is 26.3 Å². The summed E-state index contributed by atoms with van der Waals surface area (Å²) in [6.07, 6.45) is -1.72. The van der Waals surface area contributed by atoms with Crippen molar-refractivity contribution in [3.05, 3.63) is 113 Å². The minimum atomic E-state index is -4.76. The number of aromatic nitrogens is 3. The fourth-order valence-electron chi connectivity index (χ4n) is 4.55. The number of amides is 1. The number of carbonyl (C=O) groups is 2. The molecule has 0 spiro atoms. The maximum atomic E-state index is 14.1. The van der Waals surface area contributed by atoms with Gasteiger partial charge in [0.1, 0.15) is 17.5 Å². The Morgan fingerprint density at radius 2 is 1.76 bits per heavy atom. The van der Waals surface area contributed by atoms with E-state index < -0.39 is 53.5 Å². The number of primary amides is 1. The molecule has 1 amide bonds. The SMILES string of the molecule is C=Cc1cn(CC(=O)C[C@@H](Cc2cc(F)cc(F)c2)c2ncccc2-c2ccc(F)c(C(N)=O)c2)nc1C(F)(F)F. The highest BCUT2D eigenvalue weighted by atomic mass is 19.4. The fourth-order valence-corrected chi connectivity index (χ4v) is 4.55. The molecule has 2 aromatic carbocycles. The van der Waals surface area contributed by atoms with Gasteiger partial charge < -0.3 is 5.73 Å². The normalized spacial score (nSPS) is 12.2. The van der Waals surface area contributed by atoms with Crippen molar-refractivity contribution in [1.29, 1.82) is 0 Å². The number of Topliss-reactive ketones (excluding diaryl/α,β-unsaturated/α-hetero) is 1. The quantitative estimate of drug-likeness (QED) is 0.232. The lowest BCUT2D eigenvalue weighted by Crippen LogP contribution is -2.18. The van der Waals surface area contributed by atoms with Gasteiger partial charge in [0.25, 0.3) is 5.91 Å². The second kappa shape index (κ2) is 11.8. The van der Waals surface area contributed by atoms with Crippen LogP contribution >= 0.6 is 0 Å². The molecule has 1 atom stereocenters. The van der Waals surface area contributed by atoms with E-state index in [-0.39, 0.29) is 35.2 Å². The molecular formula is C29H22F6N4O2. The highest BCUT2D eigenvalue weighted by molar-refractivity contribution is 5.94. The highest BCUT2D eigenvalue weighted by Crippen LogP contribution is 2.34. The number of benzene rings is 2. The minimum absolute atomic E-state index is 0.0842. The van der Waals surface area contributed by atoms with Crippen LogP contribution in [0.3, 0.4) is 0 Å². The largest absolute Gasteiger partial charge is 0.435 e. The van der Waals surface area contributed by atoms with Gasteiger partial charge in [-0.15, -0.1) is 0 Å². The van der Waals surface area contributed by atoms with Gasteiger partial charge in [0.2, 0.25) is 0 Å². The molecule has 0 aliphatic heterocycles. The van der Waals surface area contributed by atoms with Crippen molar-refractivity contribution in [3.63, 3.8) is 0 Å². The number of alkyl halides is 3. The molecule has 0 fully saturated rings. The Hall–Kier alpha value is -4.74. The first kappa shape index (κ1) is 29.2. The molecule has 0 radical (unpaired) electrons. The summed E-state index contributed by atoms with van der Waals surface area (Å²) >= 11 is 0. The van der Waals surface area contributed by atoms with Crippen LogP contribution in [0.5, 0.6) is 0 Å². The lowest BCUT2D eigenvalue weighted by molar-refractivity contribution is -0.141. The molecular weight excluding hydrogens is 550 g/mol. The van der Waals surface area contributed by atoms with E-state index in [0.717, 1.165) is 35.2 Å². The van der Waals surface area contributed by atoms with E-state index in [2.05, 4.69) is 16.7 Å². The average Bonchev–Trinajstić information content (AvgIpc) is 3.31. The zero-order valence-electron chi connectivity index (χ0n) is 21.3. The molecule has 2 heterocycles. The molecule has 0 bridgehead atoms. The smallest absolute Gasteiger partial charge is 0.366 e. The molecule has 0 aliphatic rings. The average molecular weight is 573 g/mol. The van der Waals surface area contributed by atoms with Crippen LogP contribution in [-0.4, -0.2) is 26.5 Å². The summed E-state index contributed by atoms with van der Waals surface area (Å²) in [7, 11) is 0. The number of hydrogen-bond donors (Lipinski definition) is 1. The van der Waals surface area contributed by atoms with Crippen LogP contribution in [-0.2, 0) is 23.9 Å². The molecule has 0 aliphatic carbocycles. The minimum Gasteiger partial charge on any atom is -0.366 e. The summed E-state index contributed by atoms with van der Waals surface area (Å²) in [5.74, 6) is -4.92. The first-order chi connectivity index (χ1) is 19.3. The summed E-state index contributed by atoms with van der Waals surface area (Å²) in [6, 6.07) is 9.67. The number of ketones is 1. The number of nitrogens with zero attached hydrogens (tertiary/aromatic N) is 3. The summed E-state index contributed by atoms with van der Waals surface area (Å²) in [5, 5.41) is 3.48. The fraction of sp³-hybridized carbons (Fsp3) is 0.172. The predicted octanol–water partition coefficient (Wildman–Crippen LogP) is 6.11. The van der Waals surface area contributed by atoms with Crippen LogP contribution < -0.4 is 5.73 Å². The standard InChI is InChI=1S/C29H22F6N4O2/c1-2-17-14-39(38-27(17)29(33,34)35)15-22(40)11-19(8-16-9-20(30)13-21(31)10-16)26-23(4-3-7-37-26)18-5-6-25(32)24(12-18)28(36)41/h2-7,9-10,12-14,19H,1,8,11,15H2,(H2,36,41)/t19-/m1/s1. The molecule has 41 heavy (non-hydrogen) atoms. The molecule has 4 aromatic rings. The third kappa shape index (κ3) is 6.89. The van der Waals surface area contributed by atoms with E-state index in [4.69, 9.17) is 5.73 Å². The van der Waals surface area contributed by atoms with E-state index >= 15 is 0 Å². The van der Waals surface area contributed by atoms with Crippen LogP contribution in [0.1, 0.15) is 45.2 Å². The van der Waals surface area contributed by atoms with Gasteiger partial charge in [-0.25, -0.2) is 13.2 Å². The molecule has 2 aromatic heterocycles. The van der Waals surface area contributed by atoms with Gasteiger partial charge in [0.15, 0.2) is 11.5 Å². The molecule has 0 saturated heterocycles. The third-order valence-corrected chi connectivity index (χ3v) is 6.26. The number of rotatable bonds is 10. The molecule has 12 heteroatoms. The van der Waals surface area contributed by atoms with Gasteiger partial charge in [-0.3, -0.25) is 19.3 Å². The molecule has 2 N–H and O–H groups in total. The Labute approximate surface area is 230 Å². The van der Waals surface area contributed by atoms with Crippen LogP contribution in [0.2, 0.25) is 0 Å². The lowest BCUT2D eigenvalue weighted by Gasteiger charge is -2.20. The third-order valence-electron chi connectivity index (χ3n) is 6.26. The van der Waals surface area contributed by atoms with E-state index in [1.807, 2.05) is 0 Å². The Kier molecular flexibility index (Phi) is 8.41. The van der Waals surface area contributed by atoms with E-state index in [9.17, 15) is 35.9 Å². The van der Waals surface area contributed by atoms with E-state index in [1.165, 1.54) is 18.3 Å². The summed E-state index contributed by atoms with van der Waals surface area (Å²) in [5.41, 5.74) is 4.60. The number of hydrogen-bond acceptors (Lipinski definition) is 4. The van der Waals surface area contributed by atoms with Gasteiger partial charge in [0.05, 0.1) is 17.8 Å². The van der Waals surface area contributed by atoms with Crippen molar-refractivity contribution >= 4 is 17.8 Å². The molecule has 4 rings (SSSR count). The molecule has 6 nitrogen and oxygen atoms in total. The summed E-state index contributed by atoms with van der Waals surface area (Å²) < 4.78 is 82.9. The molecule has 0 unspecified atom stereocenters. The highest BCUT2D eigenvalue weighted by Gasteiger charge is 2.36. The number of halogens is 6. The van der Waals surface area contributed by atoms with Crippen LogP contribution in [0.25, 0.3) is 17.2 Å². The van der Waals surface area contributed by atoms with Gasteiger partial charge in [-0.2, -0.15) is 18.3 Å². The molecule has 0 saturated carbocycles. The van der Waals surface area contributed by atoms with Crippen molar-refractivity contribution in [2.24, 2.45) is 5.73 Å². The van der Waals surface area contributed by atoms with E-state index in [1.54, 1.807) is 12.1 Å². The van der Waals surface area contributed by atoms with Gasteiger partial charge in [-0.05, 0) is 47.9 Å². The predicted molar refractivity (Wildman–Crippen MR) is 138 cm³/mol. The first-order valence-corrected chi connectivity index (χ1v) is 12.1. The van der Waals surface area contributed by atoms with Crippen molar-refractivity contribution in [3.8, 4) is 11.1 Å². The number of carbonyl (C=O) groups excluding carboxylic acids is 2. The Balaban J connectivity index is 1.73. The van der Waals surface area contributed by atoms with Crippen LogP contribution in [0.15, 0.2) is 67.5 Å². The second-order valence-corrected chi connectivity index (χ2v) is 9.25. The molecule has 212 valence electrons. The van der Waals surface area contributed by atoms with Gasteiger partial charge in [0, 0.05) is 41.9 Å². The maximum Gasteiger partial charge on any atom is 0.435 e. The zero-order chi connectivity index (χ0) is 29.9. The second-order valence-electron chi connectivity index (χ2n) is 9.25. The Morgan fingerprint density at radius 3 is 2.37 bits per heavy atom. The van der Waals surface area contributed by atoms with Crippen LogP contribution in [0, 0.1) is 17.5 Å². The van der Waals surface area contributed by atoms with Crippen molar-refractivity contribution < 1.29 is 35.9 Å². The Morgan fingerprint density at radius 1 is 1.05 bits per heavy atom. The monoisotopic (exact) mass is 572 g/mol. The first-order valence-electron chi connectivity index (χ1n) is 12.1.